The highest BCUT2D eigenvalue weighted by Crippen LogP contribution is 2.33. The summed E-state index contributed by atoms with van der Waals surface area (Å²) in [5.74, 6) is -0.201. The summed E-state index contributed by atoms with van der Waals surface area (Å²) in [5, 5.41) is 18.8. The van der Waals surface area contributed by atoms with Gasteiger partial charge in [0.05, 0.1) is 19.3 Å². The Bertz CT molecular complexity index is 644. The number of nitrogens with zero attached hydrogens (tertiary/aromatic N) is 2. The zero-order valence-electron chi connectivity index (χ0n) is 10.7. The minimum atomic E-state index is -1.41. The van der Waals surface area contributed by atoms with Gasteiger partial charge in [0, 0.05) is 17.3 Å². The van der Waals surface area contributed by atoms with Crippen molar-refractivity contribution in [3.63, 3.8) is 0 Å². The molecule has 0 radical (unpaired) electrons. The first-order valence-electron chi connectivity index (χ1n) is 5.93. The first-order valence-corrected chi connectivity index (χ1v) is 5.93. The van der Waals surface area contributed by atoms with Gasteiger partial charge in [0.1, 0.15) is 18.0 Å². The fraction of sp³-hybridized carbons (Fsp3) is 0.333. The molecule has 1 fully saturated rings. The average Bonchev–Trinajstić information content (AvgIpc) is 2.78. The molecule has 0 aromatic carbocycles. The van der Waals surface area contributed by atoms with E-state index >= 15 is 0 Å². The quantitative estimate of drug-likeness (QED) is 0.717. The molecule has 2 heterocycles. The number of anilines is 1. The number of aliphatic hydroxyl groups is 2. The number of rotatable bonds is 3. The average molecular weight is 301 g/mol. The lowest BCUT2D eigenvalue weighted by molar-refractivity contribution is -0.0447. The number of aliphatic hydroxyl groups excluding tert-OH is 2. The molecular formula is C12H13F2N3O4. The van der Waals surface area contributed by atoms with Crippen molar-refractivity contribution in [3.05, 3.63) is 40.5 Å². The van der Waals surface area contributed by atoms with Crippen molar-refractivity contribution in [1.82, 2.24) is 9.55 Å². The number of ether oxygens (including phenoxy) is 1. The molecule has 1 saturated heterocycles. The van der Waals surface area contributed by atoms with Gasteiger partial charge >= 0.3 is 5.69 Å². The molecule has 1 aliphatic rings. The van der Waals surface area contributed by atoms with E-state index in [1.54, 1.807) is 0 Å². The summed E-state index contributed by atoms with van der Waals surface area (Å²) >= 11 is 0. The highest BCUT2D eigenvalue weighted by Gasteiger charge is 2.40. The van der Waals surface area contributed by atoms with Crippen molar-refractivity contribution >= 4 is 11.9 Å². The van der Waals surface area contributed by atoms with Crippen molar-refractivity contribution < 1.29 is 23.7 Å². The lowest BCUT2D eigenvalue weighted by atomic mass is 10.1. The zero-order chi connectivity index (χ0) is 15.6. The van der Waals surface area contributed by atoms with Crippen LogP contribution in [0.4, 0.5) is 14.6 Å². The molecule has 0 amide bonds. The molecule has 0 spiro atoms. The predicted molar refractivity (Wildman–Crippen MR) is 69.2 cm³/mol. The largest absolute Gasteiger partial charge is 0.394 e. The molecule has 1 aromatic heterocycles. The fourth-order valence-corrected chi connectivity index (χ4v) is 2.03. The lowest BCUT2D eigenvalue weighted by Gasteiger charge is -2.15. The Kier molecular flexibility index (Phi) is 4.46. The highest BCUT2D eigenvalue weighted by atomic mass is 19.1. The second kappa shape index (κ2) is 6.12. The molecule has 21 heavy (non-hydrogen) atoms. The van der Waals surface area contributed by atoms with E-state index in [1.807, 2.05) is 0 Å². The summed E-state index contributed by atoms with van der Waals surface area (Å²) in [5.41, 5.74) is 4.43. The van der Waals surface area contributed by atoms with Gasteiger partial charge in [-0.15, -0.1) is 0 Å². The molecule has 9 heteroatoms. The van der Waals surface area contributed by atoms with E-state index in [0.29, 0.717) is 0 Å². The van der Waals surface area contributed by atoms with Crippen molar-refractivity contribution in [2.24, 2.45) is 0 Å². The van der Waals surface area contributed by atoms with E-state index in [-0.39, 0.29) is 29.6 Å². The molecule has 7 nitrogen and oxygen atoms in total. The molecule has 1 aliphatic heterocycles. The number of halogens is 2. The van der Waals surface area contributed by atoms with Crippen LogP contribution in [0.5, 0.6) is 0 Å². The molecular weight excluding hydrogens is 288 g/mol. The van der Waals surface area contributed by atoms with Gasteiger partial charge in [-0.05, 0) is 6.08 Å². The number of aromatic nitrogens is 2. The first-order chi connectivity index (χ1) is 10.0. The Morgan fingerprint density at radius 2 is 2.24 bits per heavy atom. The van der Waals surface area contributed by atoms with Gasteiger partial charge in [0.15, 0.2) is 6.23 Å². The van der Waals surface area contributed by atoms with Crippen LogP contribution in [0.1, 0.15) is 11.8 Å². The van der Waals surface area contributed by atoms with Crippen LogP contribution in [0.3, 0.4) is 0 Å². The summed E-state index contributed by atoms with van der Waals surface area (Å²) in [7, 11) is 0. The van der Waals surface area contributed by atoms with Gasteiger partial charge < -0.3 is 20.7 Å². The van der Waals surface area contributed by atoms with E-state index in [2.05, 4.69) is 4.98 Å². The second-order valence-corrected chi connectivity index (χ2v) is 4.33. The Labute approximate surface area is 117 Å². The Hall–Kier alpha value is -2.10. The molecule has 114 valence electrons. The Morgan fingerprint density at radius 1 is 1.52 bits per heavy atom. The van der Waals surface area contributed by atoms with Crippen LogP contribution in [0, 0.1) is 0 Å². The third-order valence-corrected chi connectivity index (χ3v) is 3.09. The van der Waals surface area contributed by atoms with Crippen LogP contribution < -0.4 is 11.4 Å². The molecule has 1 aromatic rings. The number of hydrogen-bond acceptors (Lipinski definition) is 6. The number of nitrogens with two attached hydrogens (primary N) is 1. The standard InChI is InChI=1S/C12H13F2N3O4/c13-2-1-6-4-17(12(20)16-10(6)15)11-7(3-14)9(19)8(5-18)21-11/h1-4,8-9,11,18-19H,5H2,(H2,15,16,20)/b2-1+,7-3+. The third kappa shape index (κ3) is 2.71. The van der Waals surface area contributed by atoms with E-state index in [9.17, 15) is 18.7 Å². The topological polar surface area (TPSA) is 111 Å². The summed E-state index contributed by atoms with van der Waals surface area (Å²) in [6, 6.07) is 0. The Balaban J connectivity index is 2.51. The molecule has 3 unspecified atom stereocenters. The van der Waals surface area contributed by atoms with E-state index in [1.165, 1.54) is 0 Å². The van der Waals surface area contributed by atoms with Crippen LogP contribution in [-0.2, 0) is 4.74 Å². The molecule has 0 aliphatic carbocycles. The summed E-state index contributed by atoms with van der Waals surface area (Å²) in [4.78, 5) is 15.3. The third-order valence-electron chi connectivity index (χ3n) is 3.09. The molecule has 2 rings (SSSR count). The second-order valence-electron chi connectivity index (χ2n) is 4.33. The summed E-state index contributed by atoms with van der Waals surface area (Å²) in [6.45, 7) is -0.566. The smallest absolute Gasteiger partial charge is 0.351 e. The van der Waals surface area contributed by atoms with Crippen LogP contribution in [0.15, 0.2) is 29.2 Å². The number of nitrogen functional groups attached to an aromatic ring is 1. The summed E-state index contributed by atoms with van der Waals surface area (Å²) in [6.07, 6.45) is -1.40. The maximum Gasteiger partial charge on any atom is 0.351 e. The maximum atomic E-state index is 12.9. The lowest BCUT2D eigenvalue weighted by Crippen LogP contribution is -2.29. The monoisotopic (exact) mass is 301 g/mol. The van der Waals surface area contributed by atoms with Gasteiger partial charge in [-0.2, -0.15) is 4.98 Å². The van der Waals surface area contributed by atoms with Crippen LogP contribution in [-0.4, -0.2) is 38.6 Å². The zero-order valence-corrected chi connectivity index (χ0v) is 10.7. The fourth-order valence-electron chi connectivity index (χ4n) is 2.03. The van der Waals surface area contributed by atoms with Gasteiger partial charge in [0.2, 0.25) is 0 Å². The Morgan fingerprint density at radius 3 is 2.81 bits per heavy atom. The first kappa shape index (κ1) is 15.3. The van der Waals surface area contributed by atoms with Gasteiger partial charge in [-0.25, -0.2) is 13.6 Å². The van der Waals surface area contributed by atoms with Gasteiger partial charge in [-0.1, -0.05) is 0 Å². The van der Waals surface area contributed by atoms with Crippen molar-refractivity contribution in [1.29, 1.82) is 0 Å². The minimum Gasteiger partial charge on any atom is -0.394 e. The maximum absolute atomic E-state index is 12.9. The van der Waals surface area contributed by atoms with Crippen LogP contribution in [0.2, 0.25) is 0 Å². The van der Waals surface area contributed by atoms with Crippen molar-refractivity contribution in [2.75, 3.05) is 12.3 Å². The van der Waals surface area contributed by atoms with Crippen molar-refractivity contribution in [2.45, 2.75) is 18.4 Å². The van der Waals surface area contributed by atoms with Crippen molar-refractivity contribution in [3.8, 4) is 0 Å². The minimum absolute atomic E-state index is 0.0841. The number of hydrogen-bond donors (Lipinski definition) is 3. The summed E-state index contributed by atoms with van der Waals surface area (Å²) < 4.78 is 31.3. The highest BCUT2D eigenvalue weighted by molar-refractivity contribution is 5.58. The molecule has 0 saturated carbocycles. The molecule has 0 bridgehead atoms. The van der Waals surface area contributed by atoms with E-state index in [0.717, 1.165) is 16.8 Å². The van der Waals surface area contributed by atoms with Crippen LogP contribution >= 0.6 is 0 Å². The predicted octanol–water partition coefficient (Wildman–Crippen LogP) is -0.130. The normalized spacial score (nSPS) is 27.8. The van der Waals surface area contributed by atoms with Crippen LogP contribution in [0.25, 0.3) is 6.08 Å². The molecule has 3 atom stereocenters. The van der Waals surface area contributed by atoms with E-state index in [4.69, 9.17) is 15.6 Å². The SMILES string of the molecule is Nc1nc(=O)n(C2OC(CO)C(O)/C2=C\F)cc1/C=C/F. The van der Waals surface area contributed by atoms with E-state index < -0.39 is 30.7 Å². The van der Waals surface area contributed by atoms with Gasteiger partial charge in [-0.3, -0.25) is 4.57 Å². The van der Waals surface area contributed by atoms with Gasteiger partial charge in [0.25, 0.3) is 0 Å². The molecule has 4 N–H and O–H groups in total.